The van der Waals surface area contributed by atoms with Crippen LogP contribution in [-0.2, 0) is 21.2 Å². The maximum Gasteiger partial charge on any atom is 0.303 e. The van der Waals surface area contributed by atoms with Crippen LogP contribution < -0.4 is 4.72 Å². The summed E-state index contributed by atoms with van der Waals surface area (Å²) in [6.07, 6.45) is 1.69. The first-order chi connectivity index (χ1) is 13.2. The Labute approximate surface area is 168 Å². The summed E-state index contributed by atoms with van der Waals surface area (Å²) in [5, 5.41) is 10.3. The zero-order valence-corrected chi connectivity index (χ0v) is 16.5. The summed E-state index contributed by atoms with van der Waals surface area (Å²) in [4.78, 5) is 22.4. The summed E-state index contributed by atoms with van der Waals surface area (Å²) in [5.74, 6) is -1.25. The molecule has 0 fully saturated rings. The van der Waals surface area contributed by atoms with Crippen LogP contribution in [0.1, 0.15) is 34.3 Å². The lowest BCUT2D eigenvalue weighted by Gasteiger charge is -2.05. The molecule has 0 saturated carbocycles. The van der Waals surface area contributed by atoms with E-state index in [1.807, 2.05) is 0 Å². The van der Waals surface area contributed by atoms with Gasteiger partial charge < -0.3 is 5.11 Å². The van der Waals surface area contributed by atoms with E-state index in [1.54, 1.807) is 48.5 Å². The van der Waals surface area contributed by atoms with Gasteiger partial charge in [0.05, 0.1) is 6.42 Å². The fraction of sp³-hybridized carbons (Fsp3) is 0.200. The first-order valence-corrected chi connectivity index (χ1v) is 10.4. The molecule has 0 amide bonds. The number of sulfonamides is 1. The van der Waals surface area contributed by atoms with Crippen molar-refractivity contribution in [3.63, 3.8) is 0 Å². The van der Waals surface area contributed by atoms with Crippen LogP contribution in [0.15, 0.2) is 53.9 Å². The second-order valence-corrected chi connectivity index (χ2v) is 8.14. The van der Waals surface area contributed by atoms with E-state index in [4.69, 9.17) is 16.7 Å². The molecule has 8 heteroatoms. The summed E-state index contributed by atoms with van der Waals surface area (Å²) in [7, 11) is -3.57. The molecule has 2 N–H and O–H groups in total. The smallest absolute Gasteiger partial charge is 0.303 e. The van der Waals surface area contributed by atoms with Crippen LogP contribution in [0, 0.1) is 0 Å². The van der Waals surface area contributed by atoms with Crippen molar-refractivity contribution in [1.82, 2.24) is 4.72 Å². The third-order valence-electron chi connectivity index (χ3n) is 3.87. The molecule has 0 bridgehead atoms. The van der Waals surface area contributed by atoms with Gasteiger partial charge in [-0.2, -0.15) is 0 Å². The summed E-state index contributed by atoms with van der Waals surface area (Å²) in [5.41, 5.74) is 2.02. The summed E-state index contributed by atoms with van der Waals surface area (Å²) >= 11 is 5.79. The van der Waals surface area contributed by atoms with Crippen LogP contribution in [0.4, 0.5) is 0 Å². The normalized spacial score (nSPS) is 11.6. The van der Waals surface area contributed by atoms with Crippen molar-refractivity contribution in [1.29, 1.82) is 0 Å². The first kappa shape index (κ1) is 21.8. The largest absolute Gasteiger partial charge is 0.481 e. The van der Waals surface area contributed by atoms with Crippen LogP contribution in [-0.4, -0.2) is 31.8 Å². The zero-order chi connectivity index (χ0) is 20.6. The Hall–Kier alpha value is -2.48. The Kier molecular flexibility index (Phi) is 7.92. The van der Waals surface area contributed by atoms with Crippen molar-refractivity contribution < 1.29 is 23.1 Å². The van der Waals surface area contributed by atoms with Crippen molar-refractivity contribution >= 4 is 39.5 Å². The van der Waals surface area contributed by atoms with E-state index >= 15 is 0 Å². The Morgan fingerprint density at radius 2 is 1.64 bits per heavy atom. The van der Waals surface area contributed by atoms with Gasteiger partial charge in [-0.3, -0.25) is 9.59 Å². The van der Waals surface area contributed by atoms with Gasteiger partial charge in [-0.05, 0) is 35.8 Å². The molecule has 0 heterocycles. The molecular formula is C20H20ClNO5S. The van der Waals surface area contributed by atoms with E-state index in [2.05, 4.69) is 4.72 Å². The quantitative estimate of drug-likeness (QED) is 0.571. The maximum absolute atomic E-state index is 12.0. The van der Waals surface area contributed by atoms with Gasteiger partial charge in [-0.1, -0.05) is 48.0 Å². The molecule has 0 saturated heterocycles. The molecule has 148 valence electrons. The number of hydrogen-bond donors (Lipinski definition) is 2. The van der Waals surface area contributed by atoms with Crippen molar-refractivity contribution in [2.24, 2.45) is 0 Å². The number of nitrogens with one attached hydrogen (secondary N) is 1. The lowest BCUT2D eigenvalue weighted by molar-refractivity contribution is -0.136. The molecule has 0 aliphatic rings. The Balaban J connectivity index is 1.84. The highest BCUT2D eigenvalue weighted by molar-refractivity contribution is 7.92. The van der Waals surface area contributed by atoms with Crippen LogP contribution in [0.5, 0.6) is 0 Å². The maximum atomic E-state index is 12.0. The first-order valence-electron chi connectivity index (χ1n) is 8.52. The molecule has 0 radical (unpaired) electrons. The molecule has 2 aromatic carbocycles. The fourth-order valence-electron chi connectivity index (χ4n) is 2.35. The number of ketones is 1. The van der Waals surface area contributed by atoms with Crippen molar-refractivity contribution in [3.05, 3.63) is 75.7 Å². The number of aliphatic carboxylic acids is 1. The minimum atomic E-state index is -3.57. The topological polar surface area (TPSA) is 101 Å². The SMILES string of the molecule is O=C(O)CCC(=O)c1ccc(CCNS(=O)(=O)C=Cc2ccc(Cl)cc2)cc1. The van der Waals surface area contributed by atoms with Crippen LogP contribution in [0.2, 0.25) is 5.02 Å². The van der Waals surface area contributed by atoms with Crippen LogP contribution >= 0.6 is 11.6 Å². The van der Waals surface area contributed by atoms with Gasteiger partial charge in [0.15, 0.2) is 5.78 Å². The number of Topliss-reactive ketones (excluding diaryl/α,β-unsaturated/α-hetero) is 1. The predicted molar refractivity (Wildman–Crippen MR) is 109 cm³/mol. The lowest BCUT2D eigenvalue weighted by Crippen LogP contribution is -2.23. The van der Waals surface area contributed by atoms with E-state index < -0.39 is 16.0 Å². The Morgan fingerprint density at radius 3 is 2.25 bits per heavy atom. The number of benzene rings is 2. The van der Waals surface area contributed by atoms with Gasteiger partial charge in [-0.25, -0.2) is 13.1 Å². The van der Waals surface area contributed by atoms with Gasteiger partial charge >= 0.3 is 5.97 Å². The van der Waals surface area contributed by atoms with Gasteiger partial charge in [-0.15, -0.1) is 0 Å². The molecule has 2 rings (SSSR count). The minimum absolute atomic E-state index is 0.0472. The summed E-state index contributed by atoms with van der Waals surface area (Å²) in [6, 6.07) is 13.5. The fourth-order valence-corrected chi connectivity index (χ4v) is 3.29. The highest BCUT2D eigenvalue weighted by Gasteiger charge is 2.09. The van der Waals surface area contributed by atoms with E-state index in [-0.39, 0.29) is 25.2 Å². The number of rotatable bonds is 10. The lowest BCUT2D eigenvalue weighted by atomic mass is 10.0. The zero-order valence-electron chi connectivity index (χ0n) is 15.0. The second-order valence-electron chi connectivity index (χ2n) is 6.06. The van der Waals surface area contributed by atoms with E-state index in [1.165, 1.54) is 6.08 Å². The molecular weight excluding hydrogens is 402 g/mol. The van der Waals surface area contributed by atoms with Crippen molar-refractivity contribution in [2.75, 3.05) is 6.54 Å². The number of hydrogen-bond acceptors (Lipinski definition) is 4. The van der Waals surface area contributed by atoms with Gasteiger partial charge in [0.2, 0.25) is 10.0 Å². The van der Waals surface area contributed by atoms with E-state index in [0.717, 1.165) is 16.5 Å². The molecule has 6 nitrogen and oxygen atoms in total. The molecule has 28 heavy (non-hydrogen) atoms. The molecule has 0 spiro atoms. The standard InChI is InChI=1S/C20H20ClNO5S/c21-18-7-3-16(4-8-18)12-14-28(26,27)22-13-11-15-1-5-17(6-2-15)19(23)9-10-20(24)25/h1-8,12,14,22H,9-11,13H2,(H,24,25). The monoisotopic (exact) mass is 421 g/mol. The summed E-state index contributed by atoms with van der Waals surface area (Å²) < 4.78 is 26.5. The Bertz CT molecular complexity index is 951. The van der Waals surface area contributed by atoms with Crippen LogP contribution in [0.25, 0.3) is 6.08 Å². The number of carbonyl (C=O) groups is 2. The number of halogens is 1. The average molecular weight is 422 g/mol. The molecule has 0 aliphatic heterocycles. The molecule has 0 aromatic heterocycles. The van der Waals surface area contributed by atoms with Gasteiger partial charge in [0.1, 0.15) is 0 Å². The minimum Gasteiger partial charge on any atom is -0.481 e. The predicted octanol–water partition coefficient (Wildman–Crippen LogP) is 3.52. The van der Waals surface area contributed by atoms with Crippen LogP contribution in [0.3, 0.4) is 0 Å². The summed E-state index contributed by atoms with van der Waals surface area (Å²) in [6.45, 7) is 0.208. The highest BCUT2D eigenvalue weighted by atomic mass is 35.5. The van der Waals surface area contributed by atoms with Gasteiger partial charge in [0.25, 0.3) is 0 Å². The van der Waals surface area contributed by atoms with E-state index in [9.17, 15) is 18.0 Å². The number of carboxylic acid groups (broad SMARTS) is 1. The molecule has 0 aliphatic carbocycles. The second kappa shape index (κ2) is 10.2. The third kappa shape index (κ3) is 7.64. The van der Waals surface area contributed by atoms with Crippen molar-refractivity contribution in [2.45, 2.75) is 19.3 Å². The highest BCUT2D eigenvalue weighted by Crippen LogP contribution is 2.11. The molecule has 0 atom stereocenters. The Morgan fingerprint density at radius 1 is 1.00 bits per heavy atom. The van der Waals surface area contributed by atoms with E-state index in [0.29, 0.717) is 17.0 Å². The van der Waals surface area contributed by atoms with Crippen molar-refractivity contribution in [3.8, 4) is 0 Å². The molecule has 0 unspecified atom stereocenters. The third-order valence-corrected chi connectivity index (χ3v) is 5.22. The average Bonchev–Trinajstić information content (AvgIpc) is 2.66. The van der Waals surface area contributed by atoms with Gasteiger partial charge in [0, 0.05) is 29.0 Å². The number of carbonyl (C=O) groups excluding carboxylic acids is 1. The molecule has 2 aromatic rings. The number of carboxylic acids is 1.